The van der Waals surface area contributed by atoms with Crippen molar-refractivity contribution in [2.24, 2.45) is 5.10 Å². The van der Waals surface area contributed by atoms with Crippen LogP contribution in [0.1, 0.15) is 29.8 Å². The minimum absolute atomic E-state index is 0.00950. The highest BCUT2D eigenvalue weighted by atomic mass is 35.5. The Morgan fingerprint density at radius 2 is 1.67 bits per heavy atom. The zero-order valence-electron chi connectivity index (χ0n) is 19.9. The van der Waals surface area contributed by atoms with Gasteiger partial charge in [-0.2, -0.15) is 13.5 Å². The zero-order chi connectivity index (χ0) is 26.1. The van der Waals surface area contributed by atoms with Crippen molar-refractivity contribution in [2.75, 3.05) is 20.3 Å². The van der Waals surface area contributed by atoms with Crippen LogP contribution in [0.2, 0.25) is 5.02 Å². The molecule has 190 valence electrons. The number of ether oxygens (including phenoxy) is 3. The van der Waals surface area contributed by atoms with Gasteiger partial charge in [0.1, 0.15) is 4.90 Å². The molecule has 11 heteroatoms. The first-order valence-corrected chi connectivity index (χ1v) is 12.7. The standard InChI is InChI=1S/C25H25ClN2O7S/c1-4-33-22-15-18(11-12-21(22)32-3)25(29)28-27-16-17-13-20(26)24(23(14-17)34-5-2)35-36(30,31)19-9-7-6-8-10-19/h6-16H,4-5H2,1-3H3,(H,28,29)/b27-16+. The molecule has 0 aliphatic rings. The Kier molecular flexibility index (Phi) is 9.15. The number of rotatable bonds is 11. The fourth-order valence-corrected chi connectivity index (χ4v) is 4.35. The van der Waals surface area contributed by atoms with Gasteiger partial charge in [0, 0.05) is 5.56 Å². The van der Waals surface area contributed by atoms with Crippen LogP contribution < -0.4 is 23.8 Å². The molecular weight excluding hydrogens is 508 g/mol. The molecule has 0 aromatic heterocycles. The van der Waals surface area contributed by atoms with Gasteiger partial charge in [0.25, 0.3) is 5.91 Å². The third kappa shape index (κ3) is 6.67. The van der Waals surface area contributed by atoms with Crippen molar-refractivity contribution in [1.29, 1.82) is 0 Å². The van der Waals surface area contributed by atoms with E-state index in [-0.39, 0.29) is 28.0 Å². The van der Waals surface area contributed by atoms with Crippen LogP contribution in [0.3, 0.4) is 0 Å². The van der Waals surface area contributed by atoms with E-state index in [1.54, 1.807) is 43.3 Å². The predicted molar refractivity (Wildman–Crippen MR) is 136 cm³/mol. The molecule has 3 aromatic carbocycles. The van der Waals surface area contributed by atoms with E-state index in [0.29, 0.717) is 29.2 Å². The minimum atomic E-state index is -4.14. The molecule has 0 radical (unpaired) electrons. The van der Waals surface area contributed by atoms with Gasteiger partial charge in [0.05, 0.1) is 31.6 Å². The number of carbonyl (C=O) groups excluding carboxylic acids is 1. The van der Waals surface area contributed by atoms with Crippen LogP contribution in [0.5, 0.6) is 23.0 Å². The quantitative estimate of drug-likeness (QED) is 0.217. The Balaban J connectivity index is 1.79. The van der Waals surface area contributed by atoms with Gasteiger partial charge < -0.3 is 18.4 Å². The lowest BCUT2D eigenvalue weighted by molar-refractivity contribution is 0.0954. The number of benzene rings is 3. The van der Waals surface area contributed by atoms with Crippen molar-refractivity contribution >= 4 is 33.8 Å². The first-order valence-electron chi connectivity index (χ1n) is 10.9. The first kappa shape index (κ1) is 26.8. The Hall–Kier alpha value is -3.76. The number of nitrogens with zero attached hydrogens (tertiary/aromatic N) is 1. The van der Waals surface area contributed by atoms with Crippen LogP contribution >= 0.6 is 11.6 Å². The van der Waals surface area contributed by atoms with Gasteiger partial charge in [0.2, 0.25) is 5.75 Å². The molecule has 0 aliphatic carbocycles. The molecule has 1 N–H and O–H groups in total. The van der Waals surface area contributed by atoms with E-state index in [1.165, 1.54) is 37.6 Å². The highest BCUT2D eigenvalue weighted by Gasteiger charge is 2.22. The van der Waals surface area contributed by atoms with E-state index in [2.05, 4.69) is 10.5 Å². The summed E-state index contributed by atoms with van der Waals surface area (Å²) < 4.78 is 46.9. The molecule has 0 spiro atoms. The molecule has 0 bridgehead atoms. The summed E-state index contributed by atoms with van der Waals surface area (Å²) in [6, 6.07) is 15.4. The smallest absolute Gasteiger partial charge is 0.339 e. The lowest BCUT2D eigenvalue weighted by Gasteiger charge is -2.14. The fourth-order valence-electron chi connectivity index (χ4n) is 3.07. The number of halogens is 1. The minimum Gasteiger partial charge on any atom is -0.493 e. The Bertz CT molecular complexity index is 1350. The summed E-state index contributed by atoms with van der Waals surface area (Å²) in [5, 5.41) is 3.95. The second kappa shape index (κ2) is 12.3. The molecule has 0 saturated heterocycles. The maximum Gasteiger partial charge on any atom is 0.339 e. The summed E-state index contributed by atoms with van der Waals surface area (Å²) in [6.45, 7) is 4.20. The average molecular weight is 533 g/mol. The average Bonchev–Trinajstić information content (AvgIpc) is 2.87. The maximum absolute atomic E-state index is 12.7. The van der Waals surface area contributed by atoms with E-state index < -0.39 is 16.0 Å². The van der Waals surface area contributed by atoms with E-state index in [4.69, 9.17) is 30.0 Å². The predicted octanol–water partition coefficient (Wildman–Crippen LogP) is 4.68. The van der Waals surface area contributed by atoms with Gasteiger partial charge >= 0.3 is 10.1 Å². The molecule has 36 heavy (non-hydrogen) atoms. The molecule has 0 saturated carbocycles. The number of methoxy groups -OCH3 is 1. The monoisotopic (exact) mass is 532 g/mol. The largest absolute Gasteiger partial charge is 0.493 e. The van der Waals surface area contributed by atoms with Gasteiger partial charge in [0.15, 0.2) is 17.2 Å². The highest BCUT2D eigenvalue weighted by Crippen LogP contribution is 2.38. The van der Waals surface area contributed by atoms with Crippen molar-refractivity contribution in [1.82, 2.24) is 5.43 Å². The molecule has 9 nitrogen and oxygen atoms in total. The fraction of sp³-hybridized carbons (Fsp3) is 0.200. The van der Waals surface area contributed by atoms with E-state index in [0.717, 1.165) is 0 Å². The van der Waals surface area contributed by atoms with Gasteiger partial charge in [-0.1, -0.05) is 29.8 Å². The molecule has 3 aromatic rings. The number of hydrazone groups is 1. The molecule has 3 rings (SSSR count). The van der Waals surface area contributed by atoms with Crippen LogP contribution in [0, 0.1) is 0 Å². The van der Waals surface area contributed by atoms with Gasteiger partial charge in [-0.05, 0) is 61.9 Å². The summed E-state index contributed by atoms with van der Waals surface area (Å²) >= 11 is 6.33. The molecule has 0 atom stereocenters. The zero-order valence-corrected chi connectivity index (χ0v) is 21.4. The van der Waals surface area contributed by atoms with Crippen LogP contribution in [0.15, 0.2) is 70.7 Å². The summed E-state index contributed by atoms with van der Waals surface area (Å²) in [5.41, 5.74) is 3.18. The Morgan fingerprint density at radius 1 is 0.972 bits per heavy atom. The number of nitrogens with one attached hydrogen (secondary N) is 1. The summed E-state index contributed by atoms with van der Waals surface area (Å²) in [4.78, 5) is 12.5. The van der Waals surface area contributed by atoms with Crippen molar-refractivity contribution in [3.63, 3.8) is 0 Å². The number of amides is 1. The molecule has 0 heterocycles. The second-order valence-electron chi connectivity index (χ2n) is 7.11. The van der Waals surface area contributed by atoms with E-state index in [1.807, 2.05) is 6.92 Å². The summed E-state index contributed by atoms with van der Waals surface area (Å²) in [6.07, 6.45) is 1.34. The summed E-state index contributed by atoms with van der Waals surface area (Å²) in [7, 11) is -2.62. The first-order chi connectivity index (χ1) is 17.3. The van der Waals surface area contributed by atoms with Crippen LogP contribution in [0.25, 0.3) is 0 Å². The molecule has 0 fully saturated rings. The molecular formula is C25H25ClN2O7S. The Labute approximate surface area is 214 Å². The van der Waals surface area contributed by atoms with Crippen molar-refractivity contribution < 1.29 is 31.6 Å². The van der Waals surface area contributed by atoms with Crippen LogP contribution in [0.4, 0.5) is 0 Å². The van der Waals surface area contributed by atoms with Gasteiger partial charge in [-0.25, -0.2) is 5.43 Å². The Morgan fingerprint density at radius 3 is 2.33 bits per heavy atom. The third-order valence-electron chi connectivity index (χ3n) is 4.66. The molecule has 1 amide bonds. The van der Waals surface area contributed by atoms with Crippen LogP contribution in [-0.2, 0) is 10.1 Å². The maximum atomic E-state index is 12.7. The third-order valence-corrected chi connectivity index (χ3v) is 6.18. The molecule has 0 aliphatic heterocycles. The highest BCUT2D eigenvalue weighted by molar-refractivity contribution is 7.87. The van der Waals surface area contributed by atoms with Gasteiger partial charge in [-0.15, -0.1) is 0 Å². The topological polar surface area (TPSA) is 113 Å². The SMILES string of the molecule is CCOc1cc(C(=O)N/N=C/c2cc(Cl)c(OS(=O)(=O)c3ccccc3)c(OCC)c2)ccc1OC. The summed E-state index contributed by atoms with van der Waals surface area (Å²) in [5.74, 6) is 0.427. The number of carbonyl (C=O) groups is 1. The van der Waals surface area contributed by atoms with E-state index >= 15 is 0 Å². The number of hydrogen-bond donors (Lipinski definition) is 1. The van der Waals surface area contributed by atoms with Crippen molar-refractivity contribution in [3.8, 4) is 23.0 Å². The van der Waals surface area contributed by atoms with Crippen molar-refractivity contribution in [3.05, 3.63) is 76.8 Å². The molecule has 0 unspecified atom stereocenters. The van der Waals surface area contributed by atoms with Gasteiger partial charge in [-0.3, -0.25) is 4.79 Å². The normalized spacial score (nSPS) is 11.2. The lowest BCUT2D eigenvalue weighted by Crippen LogP contribution is -2.17. The van der Waals surface area contributed by atoms with Crippen molar-refractivity contribution in [2.45, 2.75) is 18.7 Å². The second-order valence-corrected chi connectivity index (χ2v) is 9.06. The number of hydrogen-bond acceptors (Lipinski definition) is 8. The van der Waals surface area contributed by atoms with E-state index in [9.17, 15) is 13.2 Å². The van der Waals surface area contributed by atoms with Crippen LogP contribution in [-0.4, -0.2) is 40.9 Å². The lowest BCUT2D eigenvalue weighted by atomic mass is 10.2.